The number of carboxylic acids is 1. The first-order valence-corrected chi connectivity index (χ1v) is 5.64. The molecule has 1 heterocycles. The topological polar surface area (TPSA) is 63.3 Å². The molecule has 3 N–H and O–H groups in total. The van der Waals surface area contributed by atoms with E-state index in [0.717, 1.165) is 11.3 Å². The van der Waals surface area contributed by atoms with E-state index >= 15 is 0 Å². The van der Waals surface area contributed by atoms with E-state index in [0.29, 0.717) is 4.88 Å². The van der Waals surface area contributed by atoms with Crippen LogP contribution >= 0.6 is 23.1 Å². The van der Waals surface area contributed by atoms with Crippen molar-refractivity contribution in [3.05, 3.63) is 16.3 Å². The van der Waals surface area contributed by atoms with Crippen LogP contribution in [0.5, 0.6) is 0 Å². The maximum atomic E-state index is 10.7. The Hall–Kier alpha value is -0.520. The van der Waals surface area contributed by atoms with Crippen LogP contribution < -0.4 is 5.73 Å². The van der Waals surface area contributed by atoms with Crippen LogP contribution in [-0.2, 0) is 0 Å². The van der Waals surface area contributed by atoms with Crippen LogP contribution in [0.1, 0.15) is 23.0 Å². The molecule has 1 unspecified atom stereocenters. The van der Waals surface area contributed by atoms with Crippen molar-refractivity contribution in [3.63, 3.8) is 0 Å². The average Bonchev–Trinajstić information content (AvgIpc) is 2.52. The summed E-state index contributed by atoms with van der Waals surface area (Å²) in [5, 5.41) is 10.5. The van der Waals surface area contributed by atoms with Gasteiger partial charge in [-0.1, -0.05) is 6.92 Å². The molecular formula is C8H11NO2S2. The molecule has 3 nitrogen and oxygen atoms in total. The van der Waals surface area contributed by atoms with Crippen LogP contribution in [0.4, 0.5) is 0 Å². The van der Waals surface area contributed by atoms with Crippen molar-refractivity contribution in [2.45, 2.75) is 23.6 Å². The molecule has 13 heavy (non-hydrogen) atoms. The lowest BCUT2D eigenvalue weighted by Crippen LogP contribution is -2.13. The van der Waals surface area contributed by atoms with Gasteiger partial charge in [-0.25, -0.2) is 4.79 Å². The highest BCUT2D eigenvalue weighted by Crippen LogP contribution is 2.29. The quantitative estimate of drug-likeness (QED) is 0.599. The second kappa shape index (κ2) is 4.64. The first-order valence-electron chi connectivity index (χ1n) is 3.88. The summed E-state index contributed by atoms with van der Waals surface area (Å²) in [7, 11) is 0. The van der Waals surface area contributed by atoms with E-state index in [9.17, 15) is 4.79 Å². The average molecular weight is 217 g/mol. The monoisotopic (exact) mass is 217 g/mol. The number of thioether (sulfide) groups is 1. The molecule has 0 saturated carbocycles. The van der Waals surface area contributed by atoms with Crippen molar-refractivity contribution in [3.8, 4) is 0 Å². The third-order valence-corrected chi connectivity index (χ3v) is 3.77. The lowest BCUT2D eigenvalue weighted by molar-refractivity contribution is 0.0699. The summed E-state index contributed by atoms with van der Waals surface area (Å²) >= 11 is 2.65. The zero-order chi connectivity index (χ0) is 9.84. The number of carboxylic acid groups (broad SMARTS) is 1. The van der Waals surface area contributed by atoms with Crippen LogP contribution in [0.3, 0.4) is 0 Å². The van der Waals surface area contributed by atoms with Crippen molar-refractivity contribution in [1.82, 2.24) is 0 Å². The molecule has 0 aliphatic carbocycles. The van der Waals surface area contributed by atoms with Gasteiger partial charge in [0.25, 0.3) is 0 Å². The minimum Gasteiger partial charge on any atom is -0.477 e. The smallest absolute Gasteiger partial charge is 0.347 e. The fourth-order valence-corrected chi connectivity index (χ4v) is 2.63. The molecule has 0 spiro atoms. The van der Waals surface area contributed by atoms with Crippen molar-refractivity contribution < 1.29 is 9.90 Å². The zero-order valence-corrected chi connectivity index (χ0v) is 8.82. The lowest BCUT2D eigenvalue weighted by atomic mass is 10.5. The minimum absolute atomic E-state index is 0.0206. The molecule has 0 aromatic carbocycles. The molecule has 0 aliphatic heterocycles. The molecule has 0 saturated heterocycles. The van der Waals surface area contributed by atoms with Gasteiger partial charge in [-0.2, -0.15) is 0 Å². The summed E-state index contributed by atoms with van der Waals surface area (Å²) < 4.78 is 0. The fourth-order valence-electron chi connectivity index (χ4n) is 0.793. The summed E-state index contributed by atoms with van der Waals surface area (Å²) in [4.78, 5) is 11.9. The molecule has 0 radical (unpaired) electrons. The predicted molar refractivity (Wildman–Crippen MR) is 55.4 cm³/mol. The summed E-state index contributed by atoms with van der Waals surface area (Å²) in [5.41, 5.74) is 5.71. The van der Waals surface area contributed by atoms with Gasteiger partial charge in [-0.3, -0.25) is 0 Å². The maximum Gasteiger partial charge on any atom is 0.347 e. The Morgan fingerprint density at radius 1 is 1.85 bits per heavy atom. The zero-order valence-electron chi connectivity index (χ0n) is 7.19. The molecule has 1 rings (SSSR count). The Morgan fingerprint density at radius 3 is 3.08 bits per heavy atom. The molecule has 1 aromatic rings. The van der Waals surface area contributed by atoms with E-state index in [-0.39, 0.29) is 5.37 Å². The normalized spacial score (nSPS) is 12.8. The second-order valence-electron chi connectivity index (χ2n) is 2.48. The van der Waals surface area contributed by atoms with E-state index < -0.39 is 5.97 Å². The van der Waals surface area contributed by atoms with Crippen LogP contribution in [0.15, 0.2) is 16.3 Å². The van der Waals surface area contributed by atoms with Crippen LogP contribution in [-0.4, -0.2) is 16.4 Å². The minimum atomic E-state index is -0.874. The Kier molecular flexibility index (Phi) is 3.77. The SMILES string of the molecule is CCC(N)Sc1ccsc1C(=O)O. The van der Waals surface area contributed by atoms with Crippen LogP contribution in [0, 0.1) is 0 Å². The molecule has 1 aromatic heterocycles. The summed E-state index contributed by atoms with van der Waals surface area (Å²) in [6.45, 7) is 1.98. The van der Waals surface area contributed by atoms with Gasteiger partial charge in [0.2, 0.25) is 0 Å². The van der Waals surface area contributed by atoms with Gasteiger partial charge in [0, 0.05) is 4.90 Å². The highest BCUT2D eigenvalue weighted by molar-refractivity contribution is 8.00. The highest BCUT2D eigenvalue weighted by Gasteiger charge is 2.13. The predicted octanol–water partition coefficient (Wildman–Crippen LogP) is 2.23. The van der Waals surface area contributed by atoms with Gasteiger partial charge >= 0.3 is 5.97 Å². The van der Waals surface area contributed by atoms with E-state index in [4.69, 9.17) is 10.8 Å². The van der Waals surface area contributed by atoms with Crippen molar-refractivity contribution in [2.75, 3.05) is 0 Å². The Morgan fingerprint density at radius 2 is 2.54 bits per heavy atom. The van der Waals surface area contributed by atoms with E-state index in [1.807, 2.05) is 6.92 Å². The molecule has 72 valence electrons. The second-order valence-corrected chi connectivity index (χ2v) is 4.68. The van der Waals surface area contributed by atoms with Gasteiger partial charge in [0.1, 0.15) is 4.88 Å². The van der Waals surface area contributed by atoms with E-state index in [1.165, 1.54) is 23.1 Å². The third-order valence-electron chi connectivity index (χ3n) is 1.50. The third kappa shape index (κ3) is 2.72. The maximum absolute atomic E-state index is 10.7. The number of hydrogen-bond donors (Lipinski definition) is 2. The van der Waals surface area contributed by atoms with Gasteiger partial charge in [0.05, 0.1) is 5.37 Å². The van der Waals surface area contributed by atoms with Crippen LogP contribution in [0.2, 0.25) is 0 Å². The van der Waals surface area contributed by atoms with Gasteiger partial charge in [-0.05, 0) is 17.9 Å². The molecule has 0 bridgehead atoms. The fraction of sp³-hybridized carbons (Fsp3) is 0.375. The number of thiophene rings is 1. The summed E-state index contributed by atoms with van der Waals surface area (Å²) in [5.74, 6) is -0.874. The van der Waals surface area contributed by atoms with E-state index in [1.54, 1.807) is 11.4 Å². The summed E-state index contributed by atoms with van der Waals surface area (Å²) in [6.07, 6.45) is 0.833. The molecular weight excluding hydrogens is 206 g/mol. The Labute approximate surface area is 85.0 Å². The number of carbonyl (C=O) groups is 1. The molecule has 0 fully saturated rings. The number of hydrogen-bond acceptors (Lipinski definition) is 4. The van der Waals surface area contributed by atoms with Crippen molar-refractivity contribution >= 4 is 29.1 Å². The number of aromatic carboxylic acids is 1. The van der Waals surface area contributed by atoms with Gasteiger partial charge in [-0.15, -0.1) is 23.1 Å². The van der Waals surface area contributed by atoms with Crippen LogP contribution in [0.25, 0.3) is 0 Å². The molecule has 1 atom stereocenters. The molecule has 5 heteroatoms. The Bertz CT molecular complexity index is 298. The van der Waals surface area contributed by atoms with Crippen molar-refractivity contribution in [1.29, 1.82) is 0 Å². The number of nitrogens with two attached hydrogens (primary N) is 1. The molecule has 0 aliphatic rings. The van der Waals surface area contributed by atoms with Crippen molar-refractivity contribution in [2.24, 2.45) is 5.73 Å². The largest absolute Gasteiger partial charge is 0.477 e. The van der Waals surface area contributed by atoms with Gasteiger partial charge in [0.15, 0.2) is 0 Å². The molecule has 0 amide bonds. The number of rotatable bonds is 4. The first-order chi connectivity index (χ1) is 6.15. The standard InChI is InChI=1S/C8H11NO2S2/c1-2-6(9)13-5-3-4-12-7(5)8(10)11/h3-4,6H,2,9H2,1H3,(H,10,11). The first kappa shape index (κ1) is 10.6. The highest BCUT2D eigenvalue weighted by atomic mass is 32.2. The summed E-state index contributed by atoms with van der Waals surface area (Å²) in [6, 6.07) is 1.80. The van der Waals surface area contributed by atoms with E-state index in [2.05, 4.69) is 0 Å². The Balaban J connectivity index is 2.76. The lowest BCUT2D eigenvalue weighted by Gasteiger charge is -2.06. The van der Waals surface area contributed by atoms with Gasteiger partial charge < -0.3 is 10.8 Å².